The van der Waals surface area contributed by atoms with E-state index in [9.17, 15) is 24.5 Å². The highest BCUT2D eigenvalue weighted by Crippen LogP contribution is 2.60. The number of carbonyl (C=O) groups is 3. The molecule has 0 unspecified atom stereocenters. The third-order valence-electron chi connectivity index (χ3n) is 8.78. The summed E-state index contributed by atoms with van der Waals surface area (Å²) in [5.74, 6) is -1.71. The van der Waals surface area contributed by atoms with Crippen LogP contribution in [-0.4, -0.2) is 34.4 Å². The normalized spacial score (nSPS) is 21.5. The number of nitro benzene ring substituents is 1. The highest BCUT2D eigenvalue weighted by atomic mass is 16.6. The second kappa shape index (κ2) is 8.93. The number of para-hydroxylation sites is 1. The van der Waals surface area contributed by atoms with Gasteiger partial charge in [0.05, 0.1) is 11.0 Å². The molecule has 0 N–H and O–H groups in total. The first kappa shape index (κ1) is 24.8. The summed E-state index contributed by atoms with van der Waals surface area (Å²) >= 11 is 0. The number of non-ortho nitro benzene ring substituents is 1. The van der Waals surface area contributed by atoms with Gasteiger partial charge in [-0.3, -0.25) is 24.5 Å². The Hall–Kier alpha value is -5.17. The summed E-state index contributed by atoms with van der Waals surface area (Å²) in [6.45, 7) is 1.96. The number of anilines is 1. The topological polar surface area (TPSA) is 97.6 Å². The van der Waals surface area contributed by atoms with Crippen molar-refractivity contribution in [3.8, 4) is 0 Å². The van der Waals surface area contributed by atoms with Crippen LogP contribution in [0.1, 0.15) is 53.7 Å². The Morgan fingerprint density at radius 3 is 2.07 bits per heavy atom. The molecule has 7 rings (SSSR count). The maximum absolute atomic E-state index is 14.6. The highest BCUT2D eigenvalue weighted by Gasteiger charge is 2.71. The predicted octanol–water partition coefficient (Wildman–Crippen LogP) is 6.22. The zero-order chi connectivity index (χ0) is 28.5. The van der Waals surface area contributed by atoms with Gasteiger partial charge in [0.2, 0.25) is 0 Å². The average molecular weight is 541 g/mol. The second-order valence-corrected chi connectivity index (χ2v) is 10.8. The van der Waals surface area contributed by atoms with Crippen molar-refractivity contribution in [2.75, 3.05) is 4.90 Å². The molecule has 0 bridgehead atoms. The Kier molecular flexibility index (Phi) is 5.41. The van der Waals surface area contributed by atoms with Gasteiger partial charge in [-0.15, -0.1) is 0 Å². The lowest BCUT2D eigenvalue weighted by atomic mass is 9.64. The fourth-order valence-electron chi connectivity index (χ4n) is 6.98. The molecule has 3 aliphatic rings. The van der Waals surface area contributed by atoms with E-state index in [2.05, 4.69) is 0 Å². The molecular formula is C34H24N2O5. The van der Waals surface area contributed by atoms with Crippen molar-refractivity contribution in [3.05, 3.63) is 147 Å². The number of nitro groups is 1. The number of benzene rings is 4. The van der Waals surface area contributed by atoms with Crippen molar-refractivity contribution >= 4 is 34.8 Å². The molecule has 4 aromatic rings. The minimum Gasteiger partial charge on any atom is -0.352 e. The van der Waals surface area contributed by atoms with E-state index in [-0.39, 0.29) is 28.6 Å². The smallest absolute Gasteiger partial charge is 0.269 e. The standard InChI is InChI=1S/C34H24N2O5/c1-20-10-12-22(13-11-20)29-30(31(37)23-14-17-24(18-15-23)36(40)41)35-27-9-5-2-6-21(27)16-19-28(35)34(29)32(38)25-7-3-4-8-26(25)33(34)39/h2-19,28-30H,1H3/t28-,29+,30+/m1/s1. The molecule has 2 heterocycles. The molecule has 1 spiro atoms. The number of hydrogen-bond acceptors (Lipinski definition) is 6. The fraction of sp³-hybridized carbons (Fsp3) is 0.147. The Labute approximate surface area is 235 Å². The summed E-state index contributed by atoms with van der Waals surface area (Å²) in [5.41, 5.74) is 2.65. The first-order valence-corrected chi connectivity index (χ1v) is 13.4. The van der Waals surface area contributed by atoms with Crippen LogP contribution >= 0.6 is 0 Å². The van der Waals surface area contributed by atoms with Gasteiger partial charge in [-0.2, -0.15) is 0 Å². The number of rotatable bonds is 4. The zero-order valence-electron chi connectivity index (χ0n) is 22.1. The van der Waals surface area contributed by atoms with E-state index in [0.717, 1.165) is 16.8 Å². The number of fused-ring (bicyclic) bond motifs is 5. The summed E-state index contributed by atoms with van der Waals surface area (Å²) in [6, 6.07) is 26.0. The minimum absolute atomic E-state index is 0.125. The summed E-state index contributed by atoms with van der Waals surface area (Å²) in [4.78, 5) is 56.6. The van der Waals surface area contributed by atoms with Gasteiger partial charge >= 0.3 is 0 Å². The highest BCUT2D eigenvalue weighted by molar-refractivity contribution is 6.32. The van der Waals surface area contributed by atoms with Gasteiger partial charge in [0, 0.05) is 40.4 Å². The maximum Gasteiger partial charge on any atom is 0.269 e. The molecule has 3 atom stereocenters. The molecule has 4 aromatic carbocycles. The SMILES string of the molecule is Cc1ccc([C@H]2[C@@H](C(=O)c3ccc([N+](=O)[O-])cc3)N3c4ccccc4C=C[C@@H]3C23C(=O)c2ccccc2C3=O)cc1. The molecule has 7 heteroatoms. The van der Waals surface area contributed by atoms with Crippen LogP contribution in [0.25, 0.3) is 6.08 Å². The molecule has 1 aliphatic carbocycles. The molecule has 2 aliphatic heterocycles. The number of ketones is 3. The molecule has 1 fully saturated rings. The van der Waals surface area contributed by atoms with Crippen molar-refractivity contribution in [2.24, 2.45) is 5.41 Å². The van der Waals surface area contributed by atoms with Crippen LogP contribution in [0.3, 0.4) is 0 Å². The summed E-state index contributed by atoms with van der Waals surface area (Å²) < 4.78 is 0. The molecule has 7 nitrogen and oxygen atoms in total. The lowest BCUT2D eigenvalue weighted by Gasteiger charge is -2.37. The molecule has 0 aromatic heterocycles. The van der Waals surface area contributed by atoms with E-state index < -0.39 is 28.3 Å². The molecular weight excluding hydrogens is 516 g/mol. The van der Waals surface area contributed by atoms with Crippen LogP contribution in [0, 0.1) is 22.5 Å². The fourth-order valence-corrected chi connectivity index (χ4v) is 6.98. The third-order valence-corrected chi connectivity index (χ3v) is 8.78. The van der Waals surface area contributed by atoms with Crippen LogP contribution in [0.4, 0.5) is 11.4 Å². The van der Waals surface area contributed by atoms with Crippen LogP contribution in [0.15, 0.2) is 103 Å². The third kappa shape index (κ3) is 3.35. The predicted molar refractivity (Wildman–Crippen MR) is 154 cm³/mol. The van der Waals surface area contributed by atoms with E-state index in [4.69, 9.17) is 0 Å². The Morgan fingerprint density at radius 1 is 0.829 bits per heavy atom. The Balaban J connectivity index is 1.52. The van der Waals surface area contributed by atoms with Gasteiger partial charge in [0.15, 0.2) is 17.3 Å². The van der Waals surface area contributed by atoms with Crippen molar-refractivity contribution < 1.29 is 19.3 Å². The van der Waals surface area contributed by atoms with Gasteiger partial charge in [0.25, 0.3) is 5.69 Å². The average Bonchev–Trinajstić information content (AvgIpc) is 3.43. The lowest BCUT2D eigenvalue weighted by Crippen LogP contribution is -2.48. The molecule has 1 saturated heterocycles. The van der Waals surface area contributed by atoms with E-state index in [1.54, 1.807) is 24.3 Å². The van der Waals surface area contributed by atoms with Gasteiger partial charge in [0.1, 0.15) is 11.5 Å². The van der Waals surface area contributed by atoms with E-state index in [1.807, 2.05) is 72.5 Å². The van der Waals surface area contributed by atoms with Gasteiger partial charge in [-0.25, -0.2) is 0 Å². The summed E-state index contributed by atoms with van der Waals surface area (Å²) in [5, 5.41) is 11.3. The largest absolute Gasteiger partial charge is 0.352 e. The molecule has 0 amide bonds. The molecule has 0 saturated carbocycles. The first-order valence-electron chi connectivity index (χ1n) is 13.4. The Morgan fingerprint density at radius 2 is 1.44 bits per heavy atom. The quantitative estimate of drug-likeness (QED) is 0.132. The van der Waals surface area contributed by atoms with Crippen molar-refractivity contribution in [1.29, 1.82) is 0 Å². The van der Waals surface area contributed by atoms with Crippen LogP contribution < -0.4 is 4.90 Å². The molecule has 41 heavy (non-hydrogen) atoms. The molecule has 200 valence electrons. The second-order valence-electron chi connectivity index (χ2n) is 10.8. The number of hydrogen-bond donors (Lipinski definition) is 0. The van der Waals surface area contributed by atoms with Gasteiger partial charge in [-0.1, -0.05) is 84.4 Å². The van der Waals surface area contributed by atoms with E-state index >= 15 is 0 Å². The number of Topliss-reactive ketones (excluding diaryl/α,β-unsaturated/α-hetero) is 3. The monoisotopic (exact) mass is 540 g/mol. The van der Waals surface area contributed by atoms with Crippen molar-refractivity contribution in [3.63, 3.8) is 0 Å². The summed E-state index contributed by atoms with van der Waals surface area (Å²) in [7, 11) is 0. The Bertz CT molecular complexity index is 1770. The number of nitrogens with zero attached hydrogens (tertiary/aromatic N) is 2. The summed E-state index contributed by atoms with van der Waals surface area (Å²) in [6.07, 6.45) is 3.81. The van der Waals surface area contributed by atoms with E-state index in [0.29, 0.717) is 16.7 Å². The van der Waals surface area contributed by atoms with Crippen molar-refractivity contribution in [1.82, 2.24) is 0 Å². The van der Waals surface area contributed by atoms with Crippen molar-refractivity contribution in [2.45, 2.75) is 24.9 Å². The zero-order valence-corrected chi connectivity index (χ0v) is 22.1. The van der Waals surface area contributed by atoms with Crippen LogP contribution in [0.2, 0.25) is 0 Å². The first-order chi connectivity index (χ1) is 19.8. The molecule has 0 radical (unpaired) electrons. The maximum atomic E-state index is 14.6. The number of aryl methyl sites for hydroxylation is 1. The lowest BCUT2D eigenvalue weighted by molar-refractivity contribution is -0.384. The van der Waals surface area contributed by atoms with Crippen LogP contribution in [-0.2, 0) is 0 Å². The van der Waals surface area contributed by atoms with E-state index in [1.165, 1.54) is 24.3 Å². The van der Waals surface area contributed by atoms with Crippen LogP contribution in [0.5, 0.6) is 0 Å². The number of carbonyl (C=O) groups excluding carboxylic acids is 3. The van der Waals surface area contributed by atoms with Gasteiger partial charge < -0.3 is 4.90 Å². The minimum atomic E-state index is -1.58. The van der Waals surface area contributed by atoms with Gasteiger partial charge in [-0.05, 0) is 36.2 Å².